The van der Waals surface area contributed by atoms with Crippen molar-refractivity contribution in [3.8, 4) is 0 Å². The van der Waals surface area contributed by atoms with Gasteiger partial charge < -0.3 is 18.7 Å². The van der Waals surface area contributed by atoms with E-state index in [1.165, 1.54) is 12.1 Å². The molecule has 1 aromatic carbocycles. The Morgan fingerprint density at radius 1 is 0.846 bits per heavy atom. The molecule has 39 heavy (non-hydrogen) atoms. The molecule has 1 aliphatic rings. The van der Waals surface area contributed by atoms with Crippen molar-refractivity contribution in [1.82, 2.24) is 4.42 Å². The molecule has 0 unspecified atom stereocenters. The molecule has 0 spiro atoms. The highest BCUT2D eigenvalue weighted by atomic mass is 35.5. The molecule has 10 nitrogen and oxygen atoms in total. The van der Waals surface area contributed by atoms with Crippen LogP contribution >= 0.6 is 11.8 Å². The molecule has 0 amide bonds. The number of likely N-dealkylation sites (N-methyl/N-ethyl adjacent to an activating group) is 1. The van der Waals surface area contributed by atoms with Gasteiger partial charge >= 0.3 is 10.1 Å². The second kappa shape index (κ2) is 13.9. The van der Waals surface area contributed by atoms with E-state index in [4.69, 9.17) is 26.0 Å². The van der Waals surface area contributed by atoms with E-state index in [-0.39, 0.29) is 35.8 Å². The molecule has 0 radical (unpaired) electrons. The highest BCUT2D eigenvalue weighted by molar-refractivity contribution is 7.99. The summed E-state index contributed by atoms with van der Waals surface area (Å²) in [5, 5.41) is 0. The van der Waals surface area contributed by atoms with E-state index in [1.807, 2.05) is 4.42 Å². The third kappa shape index (κ3) is 10.8. The lowest BCUT2D eigenvalue weighted by atomic mass is 9.78. The average molecular weight is 614 g/mol. The van der Waals surface area contributed by atoms with Crippen molar-refractivity contribution in [1.29, 1.82) is 0 Å². The fraction of sp³-hybridized carbons (Fsp3) is 0.769. The maximum atomic E-state index is 12.2. The molecule has 0 N–H and O–H groups in total. The van der Waals surface area contributed by atoms with E-state index in [1.54, 1.807) is 19.1 Å². The SMILES string of the molecule is Cc1ccc(S(=O)(=O)OS(=O)(=O)CCOCCOCCOCC[N+](C)(C)C2CC(C)(C)N(Cl)C(C)(C)C2)cc1. The highest BCUT2D eigenvalue weighted by Crippen LogP contribution is 2.42. The molecular weight excluding hydrogens is 568 g/mol. The van der Waals surface area contributed by atoms with Crippen molar-refractivity contribution in [2.45, 2.75) is 69.5 Å². The fourth-order valence-electron chi connectivity index (χ4n) is 4.80. The molecule has 0 bridgehead atoms. The first-order valence-corrected chi connectivity index (χ1v) is 16.5. The van der Waals surface area contributed by atoms with Crippen LogP contribution in [-0.2, 0) is 38.1 Å². The van der Waals surface area contributed by atoms with Gasteiger partial charge in [-0.25, -0.2) is 4.42 Å². The van der Waals surface area contributed by atoms with Crippen molar-refractivity contribution in [2.24, 2.45) is 0 Å². The zero-order chi connectivity index (χ0) is 29.5. The van der Waals surface area contributed by atoms with E-state index in [2.05, 4.69) is 45.4 Å². The lowest BCUT2D eigenvalue weighted by Crippen LogP contribution is -2.64. The normalized spacial score (nSPS) is 18.9. The summed E-state index contributed by atoms with van der Waals surface area (Å²) in [7, 11) is -4.27. The molecule has 0 atom stereocenters. The summed E-state index contributed by atoms with van der Waals surface area (Å²) >= 11 is 6.62. The molecule has 0 aliphatic carbocycles. The molecule has 1 aromatic rings. The van der Waals surface area contributed by atoms with Crippen LogP contribution in [0, 0.1) is 6.92 Å². The molecule has 1 saturated heterocycles. The van der Waals surface area contributed by atoms with Gasteiger partial charge in [0.05, 0.1) is 64.7 Å². The second-order valence-corrected chi connectivity index (χ2v) is 15.7. The van der Waals surface area contributed by atoms with Crippen LogP contribution in [0.2, 0.25) is 0 Å². The first kappa shape index (κ1) is 34.4. The van der Waals surface area contributed by atoms with Gasteiger partial charge in [0.1, 0.15) is 12.3 Å². The predicted octanol–water partition coefficient (Wildman–Crippen LogP) is 3.33. The molecule has 1 heterocycles. The quantitative estimate of drug-likeness (QED) is 0.158. The van der Waals surface area contributed by atoms with Crippen LogP contribution in [0.1, 0.15) is 46.1 Å². The summed E-state index contributed by atoms with van der Waals surface area (Å²) in [6.45, 7) is 13.1. The molecule has 13 heteroatoms. The molecule has 1 fully saturated rings. The zero-order valence-electron chi connectivity index (χ0n) is 24.3. The number of nitrogens with zero attached hydrogens (tertiary/aromatic N) is 2. The molecule has 0 saturated carbocycles. The minimum Gasteiger partial charge on any atom is -0.378 e. The summed E-state index contributed by atoms with van der Waals surface area (Å²) < 4.78 is 72.1. The standard InChI is InChI=1S/C26H46ClN2O8S2/c1-22-8-10-24(11-9-22)39(32,33)37-38(30,31)19-18-36-17-16-35-15-14-34-13-12-29(6,7)23-20-25(2,3)28(27)26(4,5)21-23/h8-11,23H,12-21H2,1-7H3/q+1. The van der Waals surface area contributed by atoms with Gasteiger partial charge in [-0.2, -0.15) is 16.8 Å². The van der Waals surface area contributed by atoms with E-state index < -0.39 is 26.0 Å². The van der Waals surface area contributed by atoms with Crippen molar-refractivity contribution in [3.05, 3.63) is 29.8 Å². The lowest BCUT2D eigenvalue weighted by Gasteiger charge is -2.54. The Bertz CT molecular complexity index is 1110. The number of hydrogen-bond donors (Lipinski definition) is 0. The maximum Gasteiger partial charge on any atom is 0.311 e. The predicted molar refractivity (Wildman–Crippen MR) is 152 cm³/mol. The Morgan fingerprint density at radius 2 is 1.31 bits per heavy atom. The monoisotopic (exact) mass is 613 g/mol. The van der Waals surface area contributed by atoms with Gasteiger partial charge in [-0.15, -0.1) is 3.63 Å². The number of benzene rings is 1. The van der Waals surface area contributed by atoms with Gasteiger partial charge in [0.25, 0.3) is 10.1 Å². The molecule has 1 aliphatic heterocycles. The Labute approximate surface area is 240 Å². The van der Waals surface area contributed by atoms with Crippen molar-refractivity contribution in [3.63, 3.8) is 0 Å². The van der Waals surface area contributed by atoms with Gasteiger partial charge in [-0.3, -0.25) is 0 Å². The van der Waals surface area contributed by atoms with Crippen LogP contribution < -0.4 is 0 Å². The molecule has 2 rings (SSSR count). The summed E-state index contributed by atoms with van der Waals surface area (Å²) in [4.78, 5) is -0.222. The molecule has 0 aromatic heterocycles. The molecule has 226 valence electrons. The summed E-state index contributed by atoms with van der Waals surface area (Å²) in [5.41, 5.74) is 0.669. The number of rotatable bonds is 16. The van der Waals surface area contributed by atoms with Gasteiger partial charge in [-0.05, 0) is 58.5 Å². The van der Waals surface area contributed by atoms with E-state index in [0.29, 0.717) is 25.9 Å². The number of halogens is 1. The minimum atomic E-state index is -4.42. The summed E-state index contributed by atoms with van der Waals surface area (Å²) in [6, 6.07) is 6.18. The first-order chi connectivity index (χ1) is 17.9. The van der Waals surface area contributed by atoms with Crippen LogP contribution in [0.25, 0.3) is 0 Å². The topological polar surface area (TPSA) is 108 Å². The zero-order valence-corrected chi connectivity index (χ0v) is 26.7. The van der Waals surface area contributed by atoms with Gasteiger partial charge in [0, 0.05) is 23.9 Å². The number of piperidine rings is 1. The third-order valence-corrected chi connectivity index (χ3v) is 11.0. The second-order valence-electron chi connectivity index (χ2n) is 11.9. The van der Waals surface area contributed by atoms with Crippen LogP contribution in [0.5, 0.6) is 0 Å². The smallest absolute Gasteiger partial charge is 0.311 e. The van der Waals surface area contributed by atoms with Crippen LogP contribution in [0.4, 0.5) is 0 Å². The van der Waals surface area contributed by atoms with Gasteiger partial charge in [-0.1, -0.05) is 17.7 Å². The van der Waals surface area contributed by atoms with Crippen molar-refractivity contribution in [2.75, 3.05) is 66.0 Å². The van der Waals surface area contributed by atoms with Crippen LogP contribution in [-0.4, -0.2) is 109 Å². The van der Waals surface area contributed by atoms with E-state index in [0.717, 1.165) is 29.4 Å². The Morgan fingerprint density at radius 3 is 1.82 bits per heavy atom. The Balaban J connectivity index is 1.57. The number of aryl methyl sites for hydroxylation is 1. The van der Waals surface area contributed by atoms with Crippen molar-refractivity contribution < 1.29 is 39.2 Å². The maximum absolute atomic E-state index is 12.2. The highest BCUT2D eigenvalue weighted by Gasteiger charge is 2.49. The van der Waals surface area contributed by atoms with E-state index in [9.17, 15) is 16.8 Å². The van der Waals surface area contributed by atoms with Gasteiger partial charge in [0.15, 0.2) is 0 Å². The Kier molecular flexibility index (Phi) is 12.2. The Hall–Kier alpha value is -0.830. The average Bonchev–Trinajstić information content (AvgIpc) is 2.80. The van der Waals surface area contributed by atoms with Crippen LogP contribution in [0.15, 0.2) is 29.2 Å². The van der Waals surface area contributed by atoms with E-state index >= 15 is 0 Å². The molecular formula is C26H46ClN2O8S2+. The lowest BCUT2D eigenvalue weighted by molar-refractivity contribution is -0.918. The number of quaternary nitrogens is 1. The van der Waals surface area contributed by atoms with Crippen molar-refractivity contribution >= 4 is 32.0 Å². The minimum absolute atomic E-state index is 0.0867. The first-order valence-electron chi connectivity index (χ1n) is 13.2. The van der Waals surface area contributed by atoms with Gasteiger partial charge in [0.2, 0.25) is 0 Å². The summed E-state index contributed by atoms with van der Waals surface area (Å²) in [5.74, 6) is -0.590. The number of hydrogen-bond acceptors (Lipinski definition) is 9. The van der Waals surface area contributed by atoms with Crippen LogP contribution in [0.3, 0.4) is 0 Å². The third-order valence-electron chi connectivity index (χ3n) is 7.06. The number of ether oxygens (including phenoxy) is 3. The largest absolute Gasteiger partial charge is 0.378 e. The fourth-order valence-corrected chi connectivity index (χ4v) is 7.41. The summed E-state index contributed by atoms with van der Waals surface area (Å²) in [6.07, 6.45) is 2.01.